The van der Waals surface area contributed by atoms with Crippen LogP contribution in [0.15, 0.2) is 60.8 Å². The number of rotatable bonds is 2. The molecule has 0 N–H and O–H groups in total. The minimum Gasteiger partial charge on any atom is -0.266 e. The van der Waals surface area contributed by atoms with E-state index in [2.05, 4.69) is 15.2 Å². The molecular weight excluding hydrogens is 331 g/mol. The molecule has 0 fully saturated rings. The maximum absolute atomic E-state index is 5.93. The molecule has 2 aromatic heterocycles. The summed E-state index contributed by atoms with van der Waals surface area (Å²) in [7, 11) is 0. The fraction of sp³-hybridized carbons (Fsp3) is 0. The Morgan fingerprint density at radius 1 is 0.696 bits per heavy atom. The average molecular weight is 341 g/mol. The van der Waals surface area contributed by atoms with E-state index in [4.69, 9.17) is 23.2 Å². The predicted molar refractivity (Wildman–Crippen MR) is 91.7 cm³/mol. The molecule has 4 aromatic rings. The molecular formula is C17H10Cl2N4. The van der Waals surface area contributed by atoms with Gasteiger partial charge in [-0.1, -0.05) is 35.3 Å². The highest BCUT2D eigenvalue weighted by atomic mass is 35.5. The molecule has 112 valence electrons. The Morgan fingerprint density at radius 3 is 1.96 bits per heavy atom. The first-order chi connectivity index (χ1) is 11.2. The molecule has 4 nitrogen and oxygen atoms in total. The van der Waals surface area contributed by atoms with Crippen LogP contribution in [0.1, 0.15) is 0 Å². The van der Waals surface area contributed by atoms with Crippen molar-refractivity contribution in [3.8, 4) is 22.6 Å². The third kappa shape index (κ3) is 2.67. The summed E-state index contributed by atoms with van der Waals surface area (Å²) in [5.41, 5.74) is 2.74. The highest BCUT2D eigenvalue weighted by Crippen LogP contribution is 2.23. The van der Waals surface area contributed by atoms with Crippen molar-refractivity contribution in [1.29, 1.82) is 0 Å². The third-order valence-electron chi connectivity index (χ3n) is 3.52. The van der Waals surface area contributed by atoms with Gasteiger partial charge < -0.3 is 0 Å². The van der Waals surface area contributed by atoms with Crippen molar-refractivity contribution < 1.29 is 0 Å². The molecule has 2 heterocycles. The normalized spacial score (nSPS) is 11.0. The molecule has 0 radical (unpaired) electrons. The van der Waals surface area contributed by atoms with Gasteiger partial charge in [0.1, 0.15) is 0 Å². The van der Waals surface area contributed by atoms with E-state index in [1.54, 1.807) is 0 Å². The van der Waals surface area contributed by atoms with E-state index >= 15 is 0 Å². The predicted octanol–water partition coefficient (Wildman–Crippen LogP) is 4.77. The van der Waals surface area contributed by atoms with Crippen LogP contribution in [0.25, 0.3) is 28.4 Å². The minimum atomic E-state index is 0.544. The SMILES string of the molecule is Clc1ccc(-c2ccn3c(-c4ccc(Cl)cc4)nnc3n2)cc1. The Labute approximate surface area is 142 Å². The van der Waals surface area contributed by atoms with Gasteiger partial charge in [-0.2, -0.15) is 0 Å². The quantitative estimate of drug-likeness (QED) is 0.528. The van der Waals surface area contributed by atoms with Crippen LogP contribution in [0.5, 0.6) is 0 Å². The second-order valence-corrected chi connectivity index (χ2v) is 5.89. The van der Waals surface area contributed by atoms with Gasteiger partial charge in [-0.25, -0.2) is 4.98 Å². The molecule has 23 heavy (non-hydrogen) atoms. The van der Waals surface area contributed by atoms with Crippen LogP contribution in [-0.4, -0.2) is 19.6 Å². The van der Waals surface area contributed by atoms with Gasteiger partial charge in [0.05, 0.1) is 5.69 Å². The summed E-state index contributed by atoms with van der Waals surface area (Å²) in [5, 5.41) is 9.78. The number of fused-ring (bicyclic) bond motifs is 1. The largest absolute Gasteiger partial charge is 0.266 e. The van der Waals surface area contributed by atoms with Crippen molar-refractivity contribution in [2.45, 2.75) is 0 Å². The second-order valence-electron chi connectivity index (χ2n) is 5.02. The summed E-state index contributed by atoms with van der Waals surface area (Å²) in [6.45, 7) is 0. The van der Waals surface area contributed by atoms with E-state index in [-0.39, 0.29) is 0 Å². The first-order valence-electron chi connectivity index (χ1n) is 6.94. The van der Waals surface area contributed by atoms with Crippen LogP contribution in [0.3, 0.4) is 0 Å². The molecule has 0 amide bonds. The van der Waals surface area contributed by atoms with Crippen LogP contribution >= 0.6 is 23.2 Å². The maximum atomic E-state index is 5.93. The molecule has 0 unspecified atom stereocenters. The van der Waals surface area contributed by atoms with Crippen LogP contribution < -0.4 is 0 Å². The molecule has 6 heteroatoms. The number of nitrogens with zero attached hydrogens (tertiary/aromatic N) is 4. The highest BCUT2D eigenvalue weighted by Gasteiger charge is 2.10. The average Bonchev–Trinajstić information content (AvgIpc) is 2.99. The van der Waals surface area contributed by atoms with E-state index in [1.807, 2.05) is 65.2 Å². The zero-order chi connectivity index (χ0) is 15.8. The molecule has 0 aliphatic carbocycles. The first kappa shape index (κ1) is 14.2. The Morgan fingerprint density at radius 2 is 1.30 bits per heavy atom. The standard InChI is InChI=1S/C17H10Cl2N4/c18-13-5-1-11(2-6-13)15-9-10-23-16(21-22-17(23)20-15)12-3-7-14(19)8-4-12/h1-10H. The van der Waals surface area contributed by atoms with Crippen LogP contribution in [0, 0.1) is 0 Å². The number of halogens is 2. The second kappa shape index (κ2) is 5.65. The lowest BCUT2D eigenvalue weighted by Crippen LogP contribution is -1.93. The van der Waals surface area contributed by atoms with Crippen molar-refractivity contribution in [2.24, 2.45) is 0 Å². The lowest BCUT2D eigenvalue weighted by atomic mass is 10.1. The summed E-state index contributed by atoms with van der Waals surface area (Å²) in [5.74, 6) is 1.27. The van der Waals surface area contributed by atoms with Gasteiger partial charge in [0.15, 0.2) is 5.82 Å². The van der Waals surface area contributed by atoms with Crippen molar-refractivity contribution >= 4 is 29.0 Å². The van der Waals surface area contributed by atoms with Crippen LogP contribution in [-0.2, 0) is 0 Å². The molecule has 2 aromatic carbocycles. The summed E-state index contributed by atoms with van der Waals surface area (Å²) in [6.07, 6.45) is 1.91. The third-order valence-corrected chi connectivity index (χ3v) is 4.03. The summed E-state index contributed by atoms with van der Waals surface area (Å²) >= 11 is 11.8. The molecule has 0 saturated carbocycles. The summed E-state index contributed by atoms with van der Waals surface area (Å²) in [4.78, 5) is 4.56. The van der Waals surface area contributed by atoms with Crippen LogP contribution in [0.4, 0.5) is 0 Å². The van der Waals surface area contributed by atoms with E-state index in [0.717, 1.165) is 22.6 Å². The molecule has 0 spiro atoms. The summed E-state index contributed by atoms with van der Waals surface area (Å²) < 4.78 is 1.85. The lowest BCUT2D eigenvalue weighted by Gasteiger charge is -2.03. The van der Waals surface area contributed by atoms with Crippen molar-refractivity contribution in [1.82, 2.24) is 19.6 Å². The topological polar surface area (TPSA) is 43.1 Å². The zero-order valence-corrected chi connectivity index (χ0v) is 13.3. The lowest BCUT2D eigenvalue weighted by molar-refractivity contribution is 1.10. The van der Waals surface area contributed by atoms with E-state index in [0.29, 0.717) is 15.8 Å². The van der Waals surface area contributed by atoms with E-state index in [9.17, 15) is 0 Å². The van der Waals surface area contributed by atoms with Gasteiger partial charge in [0.2, 0.25) is 0 Å². The number of benzene rings is 2. The number of hydrogen-bond donors (Lipinski definition) is 0. The minimum absolute atomic E-state index is 0.544. The first-order valence-corrected chi connectivity index (χ1v) is 7.70. The Bertz CT molecular complexity index is 976. The Hall–Kier alpha value is -2.43. The van der Waals surface area contributed by atoms with Crippen LogP contribution in [0.2, 0.25) is 10.0 Å². The molecule has 4 rings (SSSR count). The fourth-order valence-corrected chi connectivity index (χ4v) is 2.62. The van der Waals surface area contributed by atoms with Gasteiger partial charge in [-0.15, -0.1) is 10.2 Å². The van der Waals surface area contributed by atoms with Gasteiger partial charge in [0, 0.05) is 27.4 Å². The Balaban J connectivity index is 1.79. The van der Waals surface area contributed by atoms with Gasteiger partial charge in [0.25, 0.3) is 5.78 Å². The zero-order valence-electron chi connectivity index (χ0n) is 11.8. The molecule has 0 aliphatic heterocycles. The Kier molecular flexibility index (Phi) is 3.48. The van der Waals surface area contributed by atoms with E-state index in [1.165, 1.54) is 0 Å². The van der Waals surface area contributed by atoms with Crippen molar-refractivity contribution in [2.75, 3.05) is 0 Å². The van der Waals surface area contributed by atoms with Gasteiger partial charge in [-0.05, 0) is 42.5 Å². The highest BCUT2D eigenvalue weighted by molar-refractivity contribution is 6.30. The molecule has 0 aliphatic rings. The van der Waals surface area contributed by atoms with Gasteiger partial charge in [-0.3, -0.25) is 4.40 Å². The summed E-state index contributed by atoms with van der Waals surface area (Å²) in [6, 6.07) is 16.9. The number of hydrogen-bond acceptors (Lipinski definition) is 3. The molecule has 0 saturated heterocycles. The maximum Gasteiger partial charge on any atom is 0.255 e. The monoisotopic (exact) mass is 340 g/mol. The molecule has 0 atom stereocenters. The smallest absolute Gasteiger partial charge is 0.255 e. The fourth-order valence-electron chi connectivity index (χ4n) is 2.36. The van der Waals surface area contributed by atoms with Crippen molar-refractivity contribution in [3.05, 3.63) is 70.8 Å². The molecule has 0 bridgehead atoms. The van der Waals surface area contributed by atoms with Gasteiger partial charge >= 0.3 is 0 Å². The number of aromatic nitrogens is 4. The van der Waals surface area contributed by atoms with E-state index < -0.39 is 0 Å². The van der Waals surface area contributed by atoms with Crippen molar-refractivity contribution in [3.63, 3.8) is 0 Å².